The highest BCUT2D eigenvalue weighted by atomic mass is 32.3. The Balaban J connectivity index is 1.58. The fourth-order valence-corrected chi connectivity index (χ4v) is 7.34. The molecule has 0 bridgehead atoms. The lowest BCUT2D eigenvalue weighted by Gasteiger charge is -2.44. The van der Waals surface area contributed by atoms with Crippen LogP contribution in [0.2, 0.25) is 0 Å². The number of rotatable bonds is 4. The number of aliphatic imine (C=N–C) groups is 1. The third-order valence-electron chi connectivity index (χ3n) is 7.09. The molecule has 1 N–H and O–H groups in total. The van der Waals surface area contributed by atoms with Gasteiger partial charge < -0.3 is 9.08 Å². The smallest absolute Gasteiger partial charge is 0.328 e. The van der Waals surface area contributed by atoms with Crippen molar-refractivity contribution in [3.63, 3.8) is 0 Å². The summed E-state index contributed by atoms with van der Waals surface area (Å²) in [4.78, 5) is 24.3. The Morgan fingerprint density at radius 3 is 2.74 bits per heavy atom. The summed E-state index contributed by atoms with van der Waals surface area (Å²) >= 11 is 0. The number of anilines is 1. The zero-order valence-electron chi connectivity index (χ0n) is 19.5. The summed E-state index contributed by atoms with van der Waals surface area (Å²) in [7, 11) is -3.88. The molecule has 2 unspecified atom stereocenters. The van der Waals surface area contributed by atoms with Gasteiger partial charge in [0.05, 0.1) is 24.5 Å². The number of hydrogen-bond donors (Lipinski definition) is 1. The van der Waals surface area contributed by atoms with Crippen molar-refractivity contribution in [2.24, 2.45) is 4.99 Å². The Labute approximate surface area is 200 Å². The second-order valence-corrected chi connectivity index (χ2v) is 11.2. The van der Waals surface area contributed by atoms with Crippen LogP contribution in [0.15, 0.2) is 38.9 Å². The van der Waals surface area contributed by atoms with E-state index in [0.717, 1.165) is 25.7 Å². The van der Waals surface area contributed by atoms with Crippen LogP contribution in [0.1, 0.15) is 56.4 Å². The molecule has 4 heterocycles. The summed E-state index contributed by atoms with van der Waals surface area (Å²) in [6.07, 6.45) is 9.83. The maximum Gasteiger partial charge on any atom is 0.328 e. The summed E-state index contributed by atoms with van der Waals surface area (Å²) in [5.41, 5.74) is 0.0189. The standard InChI is InChI=1S/C23H30N6O4S/c1-16-20(17(2)33-27-16)34(31,32)28-13-7-11-23(15-28)21(25-18-8-4-3-5-9-18)26-22(30)29(23)19-10-6-12-24-14-19/h6,10,12,14,18H,3-5,7-9,11,13,15H2,1-2H3,(H-,25,26,30,31,32). The van der Waals surface area contributed by atoms with Gasteiger partial charge in [-0.15, -0.1) is 4.31 Å². The molecule has 1 spiro atoms. The highest BCUT2D eigenvalue weighted by Crippen LogP contribution is 2.40. The minimum atomic E-state index is -3.88. The van der Waals surface area contributed by atoms with Gasteiger partial charge in [-0.2, -0.15) is 0 Å². The molecule has 2 aliphatic heterocycles. The highest BCUT2D eigenvalue weighted by Gasteiger charge is 2.57. The minimum Gasteiger partial charge on any atom is -0.593 e. The number of hydrogen-bond acceptors (Lipinski definition) is 7. The molecule has 3 fully saturated rings. The van der Waals surface area contributed by atoms with E-state index in [1.165, 1.54) is 10.7 Å². The van der Waals surface area contributed by atoms with Gasteiger partial charge >= 0.3 is 6.03 Å². The average molecular weight is 487 g/mol. The van der Waals surface area contributed by atoms with Crippen LogP contribution >= 0.6 is 0 Å². The van der Waals surface area contributed by atoms with Crippen LogP contribution in [0.25, 0.3) is 0 Å². The largest absolute Gasteiger partial charge is 0.593 e. The number of amides is 2. The van der Waals surface area contributed by atoms with E-state index >= 15 is 0 Å². The van der Waals surface area contributed by atoms with E-state index in [2.05, 4.69) is 15.5 Å². The Kier molecular flexibility index (Phi) is 6.03. The second-order valence-electron chi connectivity index (χ2n) is 9.37. The van der Waals surface area contributed by atoms with Gasteiger partial charge in [-0.05, 0) is 44.7 Å². The zero-order valence-corrected chi connectivity index (χ0v) is 20.3. The Morgan fingerprint density at radius 2 is 2.06 bits per heavy atom. The van der Waals surface area contributed by atoms with Gasteiger partial charge in [0.2, 0.25) is 4.90 Å². The normalized spacial score (nSPS) is 27.3. The van der Waals surface area contributed by atoms with E-state index in [1.807, 2.05) is 6.07 Å². The SMILES string of the molecule is Cc1noc(C)c1[S+](=O)([O-])N1CCCC2(C1)C(=NC1CCCCC1)NC(=O)N2c1cccnc1. The summed E-state index contributed by atoms with van der Waals surface area (Å²) in [6.45, 7) is 3.67. The molecule has 0 radical (unpaired) electrons. The molecule has 11 heteroatoms. The molecular weight excluding hydrogens is 456 g/mol. The number of aryl methyl sites for hydroxylation is 2. The number of nitrogens with zero attached hydrogens (tertiary/aromatic N) is 5. The quantitative estimate of drug-likeness (QED) is 0.660. The molecule has 2 saturated heterocycles. The lowest BCUT2D eigenvalue weighted by atomic mass is 9.87. The molecule has 2 aromatic rings. The first-order valence-corrected chi connectivity index (χ1v) is 13.3. The molecule has 2 aromatic heterocycles. The third-order valence-corrected chi connectivity index (χ3v) is 9.18. The van der Waals surface area contributed by atoms with E-state index in [4.69, 9.17) is 9.52 Å². The van der Waals surface area contributed by atoms with E-state index in [0.29, 0.717) is 36.6 Å². The van der Waals surface area contributed by atoms with Gasteiger partial charge in [0, 0.05) is 19.7 Å². The monoisotopic (exact) mass is 486 g/mol. The van der Waals surface area contributed by atoms with Crippen LogP contribution < -0.4 is 10.2 Å². The second kappa shape index (κ2) is 8.86. The molecule has 3 aliphatic rings. The van der Waals surface area contributed by atoms with Gasteiger partial charge in [-0.25, -0.2) is 4.79 Å². The summed E-state index contributed by atoms with van der Waals surface area (Å²) in [6, 6.07) is 3.41. The summed E-state index contributed by atoms with van der Waals surface area (Å²) in [5, 5.41) is 6.84. The Morgan fingerprint density at radius 1 is 1.26 bits per heavy atom. The molecule has 10 nitrogen and oxygen atoms in total. The van der Waals surface area contributed by atoms with Gasteiger partial charge in [-0.1, -0.05) is 28.6 Å². The number of aromatic nitrogens is 2. The first-order chi connectivity index (χ1) is 16.3. The Hall–Kier alpha value is -2.63. The van der Waals surface area contributed by atoms with Gasteiger partial charge in [-0.3, -0.25) is 20.2 Å². The van der Waals surface area contributed by atoms with Crippen molar-refractivity contribution in [2.75, 3.05) is 18.0 Å². The number of amidine groups is 1. The van der Waals surface area contributed by atoms with Crippen molar-refractivity contribution in [1.29, 1.82) is 0 Å². The van der Waals surface area contributed by atoms with Crippen molar-refractivity contribution < 1.29 is 18.1 Å². The molecule has 2 amide bonds. The van der Waals surface area contributed by atoms with Gasteiger partial charge in [0.25, 0.3) is 0 Å². The third kappa shape index (κ3) is 3.85. The number of pyridine rings is 1. The predicted molar refractivity (Wildman–Crippen MR) is 126 cm³/mol. The molecule has 5 rings (SSSR count). The number of urea groups is 1. The minimum absolute atomic E-state index is 0.0958. The molecular formula is C23H30N6O4S. The predicted octanol–water partition coefficient (Wildman–Crippen LogP) is 3.39. The number of sulfonamides is 1. The fourth-order valence-electron chi connectivity index (χ4n) is 5.52. The molecule has 182 valence electrons. The molecule has 1 aliphatic carbocycles. The lowest BCUT2D eigenvalue weighted by Crippen LogP contribution is -2.62. The zero-order chi connectivity index (χ0) is 23.9. The number of piperidine rings is 1. The van der Waals surface area contributed by atoms with Crippen molar-refractivity contribution in [1.82, 2.24) is 19.8 Å². The fraction of sp³-hybridized carbons (Fsp3) is 0.565. The summed E-state index contributed by atoms with van der Waals surface area (Å²) in [5.74, 6) is 0.824. The van der Waals surface area contributed by atoms with E-state index < -0.39 is 15.9 Å². The maximum atomic E-state index is 13.7. The van der Waals surface area contributed by atoms with Crippen LogP contribution in [-0.4, -0.2) is 55.5 Å². The first kappa shape index (κ1) is 23.1. The molecule has 1 saturated carbocycles. The number of carbonyl (C=O) groups excluding carboxylic acids is 1. The van der Waals surface area contributed by atoms with Crippen LogP contribution in [0.3, 0.4) is 0 Å². The van der Waals surface area contributed by atoms with Crippen LogP contribution in [0.5, 0.6) is 0 Å². The maximum absolute atomic E-state index is 13.7. The van der Waals surface area contributed by atoms with E-state index in [9.17, 15) is 13.6 Å². The van der Waals surface area contributed by atoms with Gasteiger partial charge in [0.1, 0.15) is 17.1 Å². The van der Waals surface area contributed by atoms with E-state index in [-0.39, 0.29) is 29.3 Å². The first-order valence-electron chi connectivity index (χ1n) is 11.9. The summed E-state index contributed by atoms with van der Waals surface area (Å²) < 4.78 is 34.0. The number of carbonyl (C=O) groups is 1. The molecule has 2 atom stereocenters. The topological polar surface area (TPSA) is 127 Å². The van der Waals surface area contributed by atoms with Crippen molar-refractivity contribution in [2.45, 2.75) is 75.3 Å². The average Bonchev–Trinajstić information content (AvgIpc) is 3.30. The highest BCUT2D eigenvalue weighted by molar-refractivity contribution is 7.95. The van der Waals surface area contributed by atoms with Crippen LogP contribution in [0, 0.1) is 13.8 Å². The van der Waals surface area contributed by atoms with Crippen molar-refractivity contribution in [3.05, 3.63) is 36.0 Å². The lowest BCUT2D eigenvalue weighted by molar-refractivity contribution is 0.236. The van der Waals surface area contributed by atoms with Gasteiger partial charge in [0.15, 0.2) is 16.2 Å². The number of nitrogens with one attached hydrogen (secondary N) is 1. The van der Waals surface area contributed by atoms with Crippen LogP contribution in [0.4, 0.5) is 10.5 Å². The molecule has 0 aromatic carbocycles. The van der Waals surface area contributed by atoms with Crippen molar-refractivity contribution in [3.8, 4) is 0 Å². The van der Waals surface area contributed by atoms with Crippen LogP contribution in [-0.2, 0) is 14.6 Å². The van der Waals surface area contributed by atoms with Crippen molar-refractivity contribution >= 4 is 28.0 Å². The Bertz CT molecular complexity index is 1130. The molecule has 34 heavy (non-hydrogen) atoms. The van der Waals surface area contributed by atoms with E-state index in [1.54, 1.807) is 37.2 Å².